The van der Waals surface area contributed by atoms with Crippen molar-refractivity contribution in [2.75, 3.05) is 0 Å². The number of fused-ring (bicyclic) bond motifs is 6. The van der Waals surface area contributed by atoms with Crippen LogP contribution in [0.3, 0.4) is 0 Å². The van der Waals surface area contributed by atoms with E-state index in [2.05, 4.69) is 169 Å². The molecule has 3 nitrogen and oxygen atoms in total. The minimum absolute atomic E-state index is 0.0376. The number of hydrogen-bond donors (Lipinski definition) is 1. The molecule has 2 aliphatic rings. The summed E-state index contributed by atoms with van der Waals surface area (Å²) in [6.45, 7) is 4.70. The van der Waals surface area contributed by atoms with Crippen molar-refractivity contribution in [3.05, 3.63) is 179 Å². The first-order valence-electron chi connectivity index (χ1n) is 16.0. The van der Waals surface area contributed by atoms with Gasteiger partial charge in [-0.05, 0) is 75.4 Å². The summed E-state index contributed by atoms with van der Waals surface area (Å²) in [5.41, 5.74) is 14.5. The van der Waals surface area contributed by atoms with E-state index in [4.69, 9.17) is 4.99 Å². The molecule has 9 rings (SSSR count). The van der Waals surface area contributed by atoms with E-state index in [0.717, 1.165) is 33.8 Å². The molecule has 1 aliphatic carbocycles. The largest absolute Gasteiger partial charge is 0.360 e. The zero-order valence-corrected chi connectivity index (χ0v) is 25.9. The molecule has 1 aliphatic heterocycles. The van der Waals surface area contributed by atoms with E-state index in [1.54, 1.807) is 0 Å². The van der Waals surface area contributed by atoms with Crippen LogP contribution in [0.25, 0.3) is 44.3 Å². The molecule has 46 heavy (non-hydrogen) atoms. The average molecular weight is 592 g/mol. The number of aromatic nitrogens is 1. The number of para-hydroxylation sites is 1. The van der Waals surface area contributed by atoms with Crippen LogP contribution in [-0.2, 0) is 5.41 Å². The Morgan fingerprint density at radius 1 is 0.587 bits per heavy atom. The van der Waals surface area contributed by atoms with Crippen molar-refractivity contribution >= 4 is 33.2 Å². The molecule has 1 atom stereocenters. The fraction of sp³-hybridized carbons (Fsp3) is 0.0930. The topological polar surface area (TPSA) is 29.3 Å². The summed E-state index contributed by atoms with van der Waals surface area (Å²) in [7, 11) is 0. The number of nitrogens with one attached hydrogen (secondary N) is 1. The Balaban J connectivity index is 1.16. The second-order valence-corrected chi connectivity index (χ2v) is 12.9. The van der Waals surface area contributed by atoms with Gasteiger partial charge >= 0.3 is 0 Å². The van der Waals surface area contributed by atoms with E-state index in [9.17, 15) is 0 Å². The van der Waals surface area contributed by atoms with Gasteiger partial charge in [0.15, 0.2) is 0 Å². The molecule has 0 bridgehead atoms. The van der Waals surface area contributed by atoms with Crippen LogP contribution in [0.1, 0.15) is 47.8 Å². The Kier molecular flexibility index (Phi) is 5.91. The van der Waals surface area contributed by atoms with Gasteiger partial charge in [-0.2, -0.15) is 0 Å². The molecule has 1 unspecified atom stereocenters. The van der Waals surface area contributed by atoms with Crippen molar-refractivity contribution in [1.29, 1.82) is 0 Å². The molecule has 220 valence electrons. The molecule has 1 N–H and O–H groups in total. The molecular weight excluding hydrogens is 558 g/mol. The number of rotatable bonds is 4. The predicted molar refractivity (Wildman–Crippen MR) is 192 cm³/mol. The van der Waals surface area contributed by atoms with Crippen molar-refractivity contribution in [2.45, 2.75) is 25.4 Å². The zero-order valence-electron chi connectivity index (χ0n) is 25.9. The average Bonchev–Trinajstić information content (AvgIpc) is 3.56. The Morgan fingerprint density at radius 2 is 1.26 bits per heavy atom. The second kappa shape index (κ2) is 10.2. The van der Waals surface area contributed by atoms with Crippen molar-refractivity contribution in [1.82, 2.24) is 9.88 Å². The summed E-state index contributed by atoms with van der Waals surface area (Å²) < 4.78 is 2.42. The molecule has 0 spiro atoms. The SMILES string of the molecule is CC1(C)c2ccccc2-c2cc3c(cc21)c1ccccc1n3-c1ccc(C2N=C(c3ccccc3)C=C(c3ccccc3)N2)cc1. The Bertz CT molecular complexity index is 2340. The highest BCUT2D eigenvalue weighted by Gasteiger charge is 2.36. The van der Waals surface area contributed by atoms with E-state index in [1.807, 2.05) is 6.07 Å². The second-order valence-electron chi connectivity index (χ2n) is 12.9. The number of benzene rings is 6. The van der Waals surface area contributed by atoms with Crippen LogP contribution in [0.2, 0.25) is 0 Å². The van der Waals surface area contributed by atoms with Crippen LogP contribution in [0.4, 0.5) is 0 Å². The van der Waals surface area contributed by atoms with Crippen molar-refractivity contribution in [3.63, 3.8) is 0 Å². The van der Waals surface area contributed by atoms with Gasteiger partial charge in [-0.25, -0.2) is 0 Å². The highest BCUT2D eigenvalue weighted by molar-refractivity contribution is 6.13. The minimum Gasteiger partial charge on any atom is -0.360 e. The lowest BCUT2D eigenvalue weighted by atomic mass is 9.82. The van der Waals surface area contributed by atoms with Crippen molar-refractivity contribution in [3.8, 4) is 16.8 Å². The van der Waals surface area contributed by atoms with Gasteiger partial charge in [-0.3, -0.25) is 4.99 Å². The maximum absolute atomic E-state index is 5.19. The molecule has 1 aromatic heterocycles. The highest BCUT2D eigenvalue weighted by atomic mass is 15.1. The quantitative estimate of drug-likeness (QED) is 0.217. The summed E-state index contributed by atoms with van der Waals surface area (Å²) in [5, 5.41) is 6.28. The normalized spacial score (nSPS) is 16.4. The molecule has 0 fully saturated rings. The summed E-state index contributed by atoms with van der Waals surface area (Å²) in [6.07, 6.45) is 1.95. The van der Waals surface area contributed by atoms with Gasteiger partial charge in [0.25, 0.3) is 0 Å². The van der Waals surface area contributed by atoms with Gasteiger partial charge in [0.1, 0.15) is 6.17 Å². The van der Waals surface area contributed by atoms with Gasteiger partial charge in [-0.1, -0.05) is 129 Å². The molecule has 0 saturated heterocycles. The van der Waals surface area contributed by atoms with Gasteiger partial charge in [0.05, 0.1) is 16.7 Å². The fourth-order valence-corrected chi connectivity index (χ4v) is 7.49. The lowest BCUT2D eigenvalue weighted by molar-refractivity contribution is 0.661. The molecule has 6 aromatic carbocycles. The molecule has 0 saturated carbocycles. The first-order valence-corrected chi connectivity index (χ1v) is 16.0. The fourth-order valence-electron chi connectivity index (χ4n) is 7.49. The third-order valence-corrected chi connectivity index (χ3v) is 9.84. The van der Waals surface area contributed by atoms with E-state index in [1.165, 1.54) is 44.1 Å². The molecular formula is C43H33N3. The molecule has 0 amide bonds. The van der Waals surface area contributed by atoms with Crippen molar-refractivity contribution < 1.29 is 0 Å². The standard InChI is InChI=1S/C43H33N3/c1-43(2)36-19-11-9-17-32(36)34-26-41-35(25-37(34)43)33-18-10-12-20-40(33)46(41)31-23-21-30(22-24-31)42-44-38(28-13-5-3-6-14-28)27-39(45-42)29-15-7-4-8-16-29/h3-27,42,44H,1-2H3. The lowest BCUT2D eigenvalue weighted by Crippen LogP contribution is -2.24. The maximum Gasteiger partial charge on any atom is 0.145 e. The first kappa shape index (κ1) is 26.7. The lowest BCUT2D eigenvalue weighted by Gasteiger charge is -2.25. The highest BCUT2D eigenvalue weighted by Crippen LogP contribution is 2.51. The molecule has 3 heteroatoms. The van der Waals surface area contributed by atoms with Gasteiger partial charge in [-0.15, -0.1) is 0 Å². The van der Waals surface area contributed by atoms with Crippen LogP contribution >= 0.6 is 0 Å². The predicted octanol–water partition coefficient (Wildman–Crippen LogP) is 10.2. The molecule has 2 heterocycles. The Hall–Kier alpha value is -5.67. The van der Waals surface area contributed by atoms with E-state index in [0.29, 0.717) is 0 Å². The zero-order chi connectivity index (χ0) is 30.8. The summed E-state index contributed by atoms with van der Waals surface area (Å²) >= 11 is 0. The number of nitrogens with zero attached hydrogens (tertiary/aromatic N) is 2. The van der Waals surface area contributed by atoms with E-state index >= 15 is 0 Å². The summed E-state index contributed by atoms with van der Waals surface area (Å²) in [6, 6.07) is 52.4. The first-order chi connectivity index (χ1) is 22.6. The van der Waals surface area contributed by atoms with Crippen LogP contribution in [-0.4, -0.2) is 10.3 Å². The van der Waals surface area contributed by atoms with Gasteiger partial charge in [0.2, 0.25) is 0 Å². The summed E-state index contributed by atoms with van der Waals surface area (Å²) in [5.74, 6) is 0. The third kappa shape index (κ3) is 4.09. The van der Waals surface area contributed by atoms with Crippen LogP contribution in [0.15, 0.2) is 157 Å². The van der Waals surface area contributed by atoms with Gasteiger partial charge in [0, 0.05) is 27.6 Å². The molecule has 7 aromatic rings. The van der Waals surface area contributed by atoms with Crippen LogP contribution in [0.5, 0.6) is 0 Å². The maximum atomic E-state index is 5.19. The number of aliphatic imine (C=N–C) groups is 1. The third-order valence-electron chi connectivity index (χ3n) is 9.84. The monoisotopic (exact) mass is 591 g/mol. The minimum atomic E-state index is -0.204. The number of hydrogen-bond acceptors (Lipinski definition) is 2. The Morgan fingerprint density at radius 3 is 2.04 bits per heavy atom. The van der Waals surface area contributed by atoms with E-state index in [-0.39, 0.29) is 11.6 Å². The van der Waals surface area contributed by atoms with Crippen molar-refractivity contribution in [2.24, 2.45) is 4.99 Å². The Labute approximate surface area is 269 Å². The number of allylic oxidation sites excluding steroid dienone is 1. The van der Waals surface area contributed by atoms with E-state index < -0.39 is 0 Å². The van der Waals surface area contributed by atoms with Crippen LogP contribution < -0.4 is 5.32 Å². The summed E-state index contributed by atoms with van der Waals surface area (Å²) in [4.78, 5) is 5.19. The smallest absolute Gasteiger partial charge is 0.145 e. The molecule has 0 radical (unpaired) electrons. The van der Waals surface area contributed by atoms with Gasteiger partial charge < -0.3 is 9.88 Å². The van der Waals surface area contributed by atoms with Crippen LogP contribution in [0, 0.1) is 0 Å².